The average molecular weight is 153 g/mol. The summed E-state index contributed by atoms with van der Waals surface area (Å²) in [6, 6.07) is 0. The van der Waals surface area contributed by atoms with Crippen molar-refractivity contribution in [1.29, 1.82) is 0 Å². The summed E-state index contributed by atoms with van der Waals surface area (Å²) in [6.07, 6.45) is 1.08. The minimum absolute atomic E-state index is 0.379. The van der Waals surface area contributed by atoms with Crippen LogP contribution >= 0.6 is 7.60 Å². The van der Waals surface area contributed by atoms with E-state index in [0.717, 1.165) is 0 Å². The molecule has 0 bridgehead atoms. The molecule has 0 aromatic rings. The Morgan fingerprint density at radius 3 is 2.22 bits per heavy atom. The zero-order valence-electron chi connectivity index (χ0n) is 5.32. The molecular formula is C4H12NO3P. The molecule has 56 valence electrons. The standard InChI is InChI=1S/C4H12NO3P/c1-2-3-4(5)9(6,7)8/h4H,2-3,5H2,1H3,(H2,6,7,8)/t4-/m1/s1. The molecule has 0 spiro atoms. The summed E-state index contributed by atoms with van der Waals surface area (Å²) < 4.78 is 10.3. The Bertz CT molecular complexity index is 121. The summed E-state index contributed by atoms with van der Waals surface area (Å²) in [5.41, 5.74) is 5.10. The largest absolute Gasteiger partial charge is 0.342 e. The Kier molecular flexibility index (Phi) is 3.36. The van der Waals surface area contributed by atoms with Gasteiger partial charge in [0.2, 0.25) is 0 Å². The molecule has 0 saturated carbocycles. The zero-order chi connectivity index (χ0) is 7.49. The first-order valence-electron chi connectivity index (χ1n) is 2.79. The first-order chi connectivity index (χ1) is 3.98. The molecule has 9 heavy (non-hydrogen) atoms. The Balaban J connectivity index is 3.74. The lowest BCUT2D eigenvalue weighted by Crippen LogP contribution is -2.19. The fourth-order valence-electron chi connectivity index (χ4n) is 0.464. The SMILES string of the molecule is CCC[C@H](N)P(=O)(O)O. The minimum atomic E-state index is -4.00. The molecule has 5 heteroatoms. The highest BCUT2D eigenvalue weighted by Gasteiger charge is 2.22. The molecule has 0 aliphatic rings. The molecule has 0 amide bonds. The third kappa shape index (κ3) is 3.65. The summed E-state index contributed by atoms with van der Waals surface area (Å²) in [7, 11) is -4.00. The predicted octanol–water partition coefficient (Wildman–Crippen LogP) is 0.249. The highest BCUT2D eigenvalue weighted by molar-refractivity contribution is 7.52. The average Bonchev–Trinajstić information content (AvgIpc) is 1.64. The Morgan fingerprint density at radius 2 is 2.11 bits per heavy atom. The van der Waals surface area contributed by atoms with E-state index < -0.39 is 13.4 Å². The molecule has 0 saturated heterocycles. The highest BCUT2D eigenvalue weighted by Crippen LogP contribution is 2.39. The van der Waals surface area contributed by atoms with E-state index in [4.69, 9.17) is 15.5 Å². The van der Waals surface area contributed by atoms with Crippen molar-refractivity contribution in [3.8, 4) is 0 Å². The van der Waals surface area contributed by atoms with E-state index in [1.165, 1.54) is 0 Å². The number of hydrogen-bond acceptors (Lipinski definition) is 2. The fraction of sp³-hybridized carbons (Fsp3) is 1.00. The van der Waals surface area contributed by atoms with Crippen LogP contribution in [0, 0.1) is 0 Å². The molecule has 0 aliphatic heterocycles. The first-order valence-corrected chi connectivity index (χ1v) is 4.47. The second-order valence-corrected chi connectivity index (χ2v) is 3.79. The first kappa shape index (κ1) is 9.11. The summed E-state index contributed by atoms with van der Waals surface area (Å²) in [5.74, 6) is -0.970. The second-order valence-electron chi connectivity index (χ2n) is 1.95. The van der Waals surface area contributed by atoms with Gasteiger partial charge in [-0.2, -0.15) is 0 Å². The monoisotopic (exact) mass is 153 g/mol. The van der Waals surface area contributed by atoms with Crippen molar-refractivity contribution in [3.63, 3.8) is 0 Å². The second kappa shape index (κ2) is 3.32. The van der Waals surface area contributed by atoms with Gasteiger partial charge >= 0.3 is 7.60 Å². The lowest BCUT2D eigenvalue weighted by Gasteiger charge is -2.10. The van der Waals surface area contributed by atoms with Crippen LogP contribution in [0.3, 0.4) is 0 Å². The van der Waals surface area contributed by atoms with Gasteiger partial charge in [-0.05, 0) is 6.42 Å². The van der Waals surface area contributed by atoms with Crippen molar-refractivity contribution < 1.29 is 14.4 Å². The molecule has 0 heterocycles. The normalized spacial score (nSPS) is 15.6. The van der Waals surface area contributed by atoms with E-state index >= 15 is 0 Å². The van der Waals surface area contributed by atoms with Crippen molar-refractivity contribution in [1.82, 2.24) is 0 Å². The topological polar surface area (TPSA) is 83.6 Å². The van der Waals surface area contributed by atoms with Gasteiger partial charge in [0.1, 0.15) is 5.78 Å². The van der Waals surface area contributed by atoms with E-state index in [0.29, 0.717) is 12.8 Å². The third-order valence-electron chi connectivity index (χ3n) is 1.02. The summed E-state index contributed by atoms with van der Waals surface area (Å²) in [6.45, 7) is 1.83. The minimum Gasteiger partial charge on any atom is -0.323 e. The predicted molar refractivity (Wildman–Crippen MR) is 34.9 cm³/mol. The van der Waals surface area contributed by atoms with Gasteiger partial charge in [-0.3, -0.25) is 4.57 Å². The highest BCUT2D eigenvalue weighted by atomic mass is 31.2. The molecule has 0 aromatic carbocycles. The van der Waals surface area contributed by atoms with Gasteiger partial charge in [0, 0.05) is 0 Å². The maximum Gasteiger partial charge on any atom is 0.342 e. The van der Waals surface area contributed by atoms with Crippen LogP contribution in [0.2, 0.25) is 0 Å². The smallest absolute Gasteiger partial charge is 0.323 e. The Morgan fingerprint density at radius 1 is 1.67 bits per heavy atom. The van der Waals surface area contributed by atoms with E-state index in [-0.39, 0.29) is 0 Å². The quantitative estimate of drug-likeness (QED) is 0.507. The van der Waals surface area contributed by atoms with Crippen molar-refractivity contribution in [3.05, 3.63) is 0 Å². The number of hydrogen-bond donors (Lipinski definition) is 3. The van der Waals surface area contributed by atoms with E-state index in [2.05, 4.69) is 0 Å². The maximum atomic E-state index is 10.3. The molecule has 0 fully saturated rings. The molecule has 0 aromatic heterocycles. The van der Waals surface area contributed by atoms with Gasteiger partial charge in [-0.25, -0.2) is 0 Å². The van der Waals surface area contributed by atoms with Crippen LogP contribution in [0.5, 0.6) is 0 Å². The summed E-state index contributed by atoms with van der Waals surface area (Å²) >= 11 is 0. The number of rotatable bonds is 3. The van der Waals surface area contributed by atoms with Crippen LogP contribution in [0.1, 0.15) is 19.8 Å². The molecule has 1 atom stereocenters. The maximum absolute atomic E-state index is 10.3. The molecule has 4 nitrogen and oxygen atoms in total. The van der Waals surface area contributed by atoms with Crippen LogP contribution in [-0.4, -0.2) is 15.6 Å². The van der Waals surface area contributed by atoms with E-state index in [1.807, 2.05) is 6.92 Å². The molecule has 0 radical (unpaired) electrons. The summed E-state index contributed by atoms with van der Waals surface area (Å²) in [4.78, 5) is 16.8. The van der Waals surface area contributed by atoms with Crippen molar-refractivity contribution in [2.24, 2.45) is 5.73 Å². The van der Waals surface area contributed by atoms with Crippen molar-refractivity contribution in [2.45, 2.75) is 25.5 Å². The zero-order valence-corrected chi connectivity index (χ0v) is 6.21. The molecule has 0 unspecified atom stereocenters. The van der Waals surface area contributed by atoms with E-state index in [1.54, 1.807) is 0 Å². The Hall–Kier alpha value is 0.110. The van der Waals surface area contributed by atoms with Gasteiger partial charge in [0.15, 0.2) is 0 Å². The molecule has 0 aliphatic carbocycles. The number of nitrogens with two attached hydrogens (primary N) is 1. The van der Waals surface area contributed by atoms with Gasteiger partial charge in [-0.15, -0.1) is 0 Å². The van der Waals surface area contributed by atoms with Crippen LogP contribution in [0.25, 0.3) is 0 Å². The molecule has 0 rings (SSSR count). The van der Waals surface area contributed by atoms with Gasteiger partial charge < -0.3 is 15.5 Å². The third-order valence-corrected chi connectivity index (χ3v) is 2.14. The van der Waals surface area contributed by atoms with Crippen LogP contribution in [0.4, 0.5) is 0 Å². The van der Waals surface area contributed by atoms with Gasteiger partial charge in [0.05, 0.1) is 0 Å². The van der Waals surface area contributed by atoms with E-state index in [9.17, 15) is 4.57 Å². The summed E-state index contributed by atoms with van der Waals surface area (Å²) in [5, 5.41) is 0. The lowest BCUT2D eigenvalue weighted by atomic mass is 10.3. The fourth-order valence-corrected chi connectivity index (χ4v) is 1.06. The Labute approximate surface area is 54.2 Å². The van der Waals surface area contributed by atoms with Crippen LogP contribution in [0.15, 0.2) is 0 Å². The van der Waals surface area contributed by atoms with Crippen molar-refractivity contribution in [2.75, 3.05) is 0 Å². The van der Waals surface area contributed by atoms with Crippen LogP contribution < -0.4 is 5.73 Å². The lowest BCUT2D eigenvalue weighted by molar-refractivity contribution is 0.355. The van der Waals surface area contributed by atoms with Gasteiger partial charge in [-0.1, -0.05) is 13.3 Å². The van der Waals surface area contributed by atoms with Crippen LogP contribution in [-0.2, 0) is 4.57 Å². The molecular weight excluding hydrogens is 141 g/mol. The molecule has 4 N–H and O–H groups in total. The van der Waals surface area contributed by atoms with Gasteiger partial charge in [0.25, 0.3) is 0 Å². The van der Waals surface area contributed by atoms with Crippen molar-refractivity contribution >= 4 is 7.60 Å².